The average molecular weight is 220 g/mol. The van der Waals surface area contributed by atoms with Crippen molar-refractivity contribution >= 4 is 0 Å². The van der Waals surface area contributed by atoms with Crippen LogP contribution in [0.25, 0.3) is 0 Å². The fourth-order valence-electron chi connectivity index (χ4n) is 4.97. The number of piperazine rings is 1. The molecule has 2 aliphatic carbocycles. The van der Waals surface area contributed by atoms with E-state index in [1.54, 1.807) is 19.3 Å². The van der Waals surface area contributed by atoms with Crippen molar-refractivity contribution in [3.63, 3.8) is 0 Å². The minimum Gasteiger partial charge on any atom is -0.298 e. The molecule has 16 heavy (non-hydrogen) atoms. The molecule has 0 aromatic heterocycles. The van der Waals surface area contributed by atoms with E-state index in [9.17, 15) is 0 Å². The van der Waals surface area contributed by atoms with E-state index >= 15 is 0 Å². The van der Waals surface area contributed by atoms with Crippen LogP contribution < -0.4 is 0 Å². The van der Waals surface area contributed by atoms with Crippen LogP contribution >= 0.6 is 0 Å². The first-order valence-electron chi connectivity index (χ1n) is 7.38. The Morgan fingerprint density at radius 2 is 1.75 bits per heavy atom. The zero-order valence-electron chi connectivity index (χ0n) is 10.3. The molecule has 2 aliphatic heterocycles. The standard InChI is InChI=1S/C14H24N2/c1-2-13-10-16(7-6-15(13)5-1)14-9-11-3-4-12(14)8-11/h11-14H,1-10H2. The van der Waals surface area contributed by atoms with Gasteiger partial charge in [0.05, 0.1) is 0 Å². The summed E-state index contributed by atoms with van der Waals surface area (Å²) in [7, 11) is 0. The van der Waals surface area contributed by atoms with Gasteiger partial charge in [-0.3, -0.25) is 9.80 Å². The Morgan fingerprint density at radius 1 is 0.812 bits per heavy atom. The molecule has 0 aromatic carbocycles. The van der Waals surface area contributed by atoms with Crippen molar-refractivity contribution in [1.82, 2.24) is 9.80 Å². The summed E-state index contributed by atoms with van der Waals surface area (Å²) >= 11 is 0. The minimum absolute atomic E-state index is 0.924. The Kier molecular flexibility index (Phi) is 2.29. The normalized spacial score (nSPS) is 48.8. The second-order valence-corrected chi connectivity index (χ2v) is 6.57. The third kappa shape index (κ3) is 1.46. The van der Waals surface area contributed by atoms with Crippen LogP contribution in [0.4, 0.5) is 0 Å². The van der Waals surface area contributed by atoms with Gasteiger partial charge in [-0.15, -0.1) is 0 Å². The molecule has 0 aromatic rings. The van der Waals surface area contributed by atoms with Gasteiger partial charge in [0, 0.05) is 31.7 Å². The van der Waals surface area contributed by atoms with Crippen LogP contribution in [-0.2, 0) is 0 Å². The summed E-state index contributed by atoms with van der Waals surface area (Å²) in [4.78, 5) is 5.61. The summed E-state index contributed by atoms with van der Waals surface area (Å²) in [5.41, 5.74) is 0. The molecule has 2 saturated carbocycles. The van der Waals surface area contributed by atoms with Crippen LogP contribution in [0.3, 0.4) is 0 Å². The number of nitrogens with zero attached hydrogens (tertiary/aromatic N) is 2. The number of hydrogen-bond donors (Lipinski definition) is 0. The third-order valence-corrected chi connectivity index (χ3v) is 5.79. The highest BCUT2D eigenvalue weighted by Crippen LogP contribution is 2.47. The molecule has 2 heteroatoms. The van der Waals surface area contributed by atoms with Crippen LogP contribution in [0.1, 0.15) is 38.5 Å². The molecule has 2 heterocycles. The van der Waals surface area contributed by atoms with Crippen molar-refractivity contribution in [2.75, 3.05) is 26.2 Å². The maximum atomic E-state index is 2.87. The first-order chi connectivity index (χ1) is 7.90. The van der Waals surface area contributed by atoms with E-state index in [1.807, 2.05) is 0 Å². The second kappa shape index (κ2) is 3.71. The van der Waals surface area contributed by atoms with Crippen molar-refractivity contribution in [2.24, 2.45) is 11.8 Å². The summed E-state index contributed by atoms with van der Waals surface area (Å²) < 4.78 is 0. The minimum atomic E-state index is 0.924. The van der Waals surface area contributed by atoms with Crippen molar-refractivity contribution in [2.45, 2.75) is 50.6 Å². The highest BCUT2D eigenvalue weighted by atomic mass is 15.3. The van der Waals surface area contributed by atoms with Crippen molar-refractivity contribution in [1.29, 1.82) is 0 Å². The van der Waals surface area contributed by atoms with E-state index in [4.69, 9.17) is 0 Å². The molecule has 0 radical (unpaired) electrons. The maximum Gasteiger partial charge on any atom is 0.0224 e. The van der Waals surface area contributed by atoms with Crippen LogP contribution in [0.2, 0.25) is 0 Å². The number of rotatable bonds is 1. The molecule has 4 fully saturated rings. The molecule has 2 bridgehead atoms. The Bertz CT molecular complexity index is 278. The predicted octanol–water partition coefficient (Wildman–Crippen LogP) is 1.96. The highest BCUT2D eigenvalue weighted by Gasteiger charge is 2.44. The van der Waals surface area contributed by atoms with E-state index < -0.39 is 0 Å². The molecule has 90 valence electrons. The molecule has 4 aliphatic rings. The molecule has 2 nitrogen and oxygen atoms in total. The molecular weight excluding hydrogens is 196 g/mol. The fourth-order valence-corrected chi connectivity index (χ4v) is 4.97. The first kappa shape index (κ1) is 9.90. The molecule has 0 N–H and O–H groups in total. The smallest absolute Gasteiger partial charge is 0.0224 e. The third-order valence-electron chi connectivity index (χ3n) is 5.79. The van der Waals surface area contributed by atoms with Crippen molar-refractivity contribution in [3.05, 3.63) is 0 Å². The molecule has 0 amide bonds. The van der Waals surface area contributed by atoms with Gasteiger partial charge in [0.2, 0.25) is 0 Å². The Labute approximate surface area is 99.0 Å². The van der Waals surface area contributed by atoms with E-state index in [0.29, 0.717) is 0 Å². The van der Waals surface area contributed by atoms with Gasteiger partial charge in [0.25, 0.3) is 0 Å². The Hall–Kier alpha value is -0.0800. The monoisotopic (exact) mass is 220 g/mol. The Morgan fingerprint density at radius 3 is 2.56 bits per heavy atom. The van der Waals surface area contributed by atoms with Crippen molar-refractivity contribution in [3.8, 4) is 0 Å². The second-order valence-electron chi connectivity index (χ2n) is 6.57. The summed E-state index contributed by atoms with van der Waals surface area (Å²) in [5.74, 6) is 2.19. The van der Waals surface area contributed by atoms with E-state index in [1.165, 1.54) is 45.4 Å². The number of fused-ring (bicyclic) bond motifs is 3. The summed E-state index contributed by atoms with van der Waals surface area (Å²) in [6, 6.07) is 1.91. The van der Waals surface area contributed by atoms with Gasteiger partial charge >= 0.3 is 0 Å². The SMILES string of the molecule is C1CC2CN(C3CC4CCC3C4)CCN2C1. The summed E-state index contributed by atoms with van der Waals surface area (Å²) in [6.07, 6.45) is 9.12. The Balaban J connectivity index is 1.45. The van der Waals surface area contributed by atoms with Crippen LogP contribution in [0.15, 0.2) is 0 Å². The molecule has 4 rings (SSSR count). The van der Waals surface area contributed by atoms with Crippen molar-refractivity contribution < 1.29 is 0 Å². The molecule has 2 saturated heterocycles. The lowest BCUT2D eigenvalue weighted by atomic mass is 9.93. The molecule has 4 unspecified atom stereocenters. The van der Waals surface area contributed by atoms with Crippen LogP contribution in [0, 0.1) is 11.8 Å². The van der Waals surface area contributed by atoms with Gasteiger partial charge in [0.15, 0.2) is 0 Å². The summed E-state index contributed by atoms with van der Waals surface area (Å²) in [5, 5.41) is 0. The van der Waals surface area contributed by atoms with Gasteiger partial charge in [-0.1, -0.05) is 6.42 Å². The quantitative estimate of drug-likeness (QED) is 0.666. The molecular formula is C14H24N2. The van der Waals surface area contributed by atoms with E-state index in [2.05, 4.69) is 9.80 Å². The topological polar surface area (TPSA) is 6.48 Å². The van der Waals surface area contributed by atoms with Gasteiger partial charge in [-0.2, -0.15) is 0 Å². The lowest BCUT2D eigenvalue weighted by Gasteiger charge is -2.43. The highest BCUT2D eigenvalue weighted by molar-refractivity contribution is 4.98. The largest absolute Gasteiger partial charge is 0.298 e. The summed E-state index contributed by atoms with van der Waals surface area (Å²) in [6.45, 7) is 5.51. The first-order valence-corrected chi connectivity index (χ1v) is 7.38. The van der Waals surface area contributed by atoms with Gasteiger partial charge < -0.3 is 0 Å². The zero-order valence-corrected chi connectivity index (χ0v) is 10.3. The lowest BCUT2D eigenvalue weighted by Crippen LogP contribution is -2.54. The van der Waals surface area contributed by atoms with Gasteiger partial charge in [-0.25, -0.2) is 0 Å². The van der Waals surface area contributed by atoms with Gasteiger partial charge in [-0.05, 0) is 50.5 Å². The zero-order chi connectivity index (χ0) is 10.5. The van der Waals surface area contributed by atoms with E-state index in [0.717, 1.165) is 23.9 Å². The number of hydrogen-bond acceptors (Lipinski definition) is 2. The maximum absolute atomic E-state index is 2.87. The van der Waals surface area contributed by atoms with E-state index in [-0.39, 0.29) is 0 Å². The lowest BCUT2D eigenvalue weighted by molar-refractivity contribution is 0.0505. The van der Waals surface area contributed by atoms with Crippen LogP contribution in [0.5, 0.6) is 0 Å². The molecule has 4 atom stereocenters. The average Bonchev–Trinajstić information content (AvgIpc) is 3.03. The fraction of sp³-hybridized carbons (Fsp3) is 1.00. The van der Waals surface area contributed by atoms with Crippen LogP contribution in [-0.4, -0.2) is 48.1 Å². The molecule has 0 spiro atoms. The predicted molar refractivity (Wildman–Crippen MR) is 65.4 cm³/mol. The van der Waals surface area contributed by atoms with Gasteiger partial charge in [0.1, 0.15) is 0 Å².